The number of piperidine rings is 1. The lowest BCUT2D eigenvalue weighted by Gasteiger charge is -2.38. The molecule has 2 atom stereocenters. The Balaban J connectivity index is 1.57. The van der Waals surface area contributed by atoms with E-state index in [0.29, 0.717) is 30.4 Å². The van der Waals surface area contributed by atoms with Gasteiger partial charge in [-0.15, -0.1) is 0 Å². The summed E-state index contributed by atoms with van der Waals surface area (Å²) in [6.45, 7) is 2.74. The predicted octanol–water partition coefficient (Wildman–Crippen LogP) is 3.70. The van der Waals surface area contributed by atoms with Crippen molar-refractivity contribution in [2.45, 2.75) is 25.8 Å². The second kappa shape index (κ2) is 9.72. The van der Waals surface area contributed by atoms with Gasteiger partial charge >= 0.3 is 5.97 Å². The molecule has 1 saturated heterocycles. The van der Waals surface area contributed by atoms with E-state index < -0.39 is 11.8 Å². The molecule has 0 aliphatic carbocycles. The van der Waals surface area contributed by atoms with E-state index in [9.17, 15) is 19.1 Å². The number of rotatable bonds is 6. The van der Waals surface area contributed by atoms with Crippen molar-refractivity contribution in [3.05, 3.63) is 71.9 Å². The Labute approximate surface area is 190 Å². The Kier molecular flexibility index (Phi) is 6.58. The summed E-state index contributed by atoms with van der Waals surface area (Å²) in [6, 6.07) is 8.78. The number of carbonyl (C=O) groups is 2. The number of hydrogen-bond acceptors (Lipinski definition) is 6. The molecule has 0 saturated carbocycles. The first-order chi connectivity index (χ1) is 15.9. The number of benzene rings is 1. The summed E-state index contributed by atoms with van der Waals surface area (Å²) in [6.07, 6.45) is 5.86. The van der Waals surface area contributed by atoms with Crippen molar-refractivity contribution in [2.75, 3.05) is 13.2 Å². The van der Waals surface area contributed by atoms with Crippen LogP contribution in [-0.2, 0) is 0 Å². The smallest absolute Gasteiger partial charge is 0.335 e. The summed E-state index contributed by atoms with van der Waals surface area (Å²) in [4.78, 5) is 39.3. The van der Waals surface area contributed by atoms with Crippen LogP contribution in [0.25, 0.3) is 11.4 Å². The van der Waals surface area contributed by atoms with Gasteiger partial charge in [0.25, 0.3) is 5.91 Å². The monoisotopic (exact) mass is 450 g/mol. The van der Waals surface area contributed by atoms with Crippen LogP contribution in [0.3, 0.4) is 0 Å². The van der Waals surface area contributed by atoms with Crippen LogP contribution in [-0.4, -0.2) is 56.0 Å². The van der Waals surface area contributed by atoms with Crippen LogP contribution in [0.1, 0.15) is 40.5 Å². The van der Waals surface area contributed by atoms with E-state index in [1.165, 1.54) is 24.3 Å². The highest BCUT2D eigenvalue weighted by molar-refractivity contribution is 6.02. The molecule has 3 heterocycles. The van der Waals surface area contributed by atoms with Gasteiger partial charge in [-0.3, -0.25) is 4.79 Å². The van der Waals surface area contributed by atoms with E-state index in [1.54, 1.807) is 29.4 Å². The molecule has 1 N–H and O–H groups in total. The van der Waals surface area contributed by atoms with Crippen molar-refractivity contribution >= 4 is 11.9 Å². The van der Waals surface area contributed by atoms with Crippen molar-refractivity contribution in [3.8, 4) is 17.3 Å². The molecule has 9 heteroatoms. The Bertz CT molecular complexity index is 1140. The first-order valence-corrected chi connectivity index (χ1v) is 10.6. The van der Waals surface area contributed by atoms with Gasteiger partial charge in [-0.05, 0) is 50.1 Å². The van der Waals surface area contributed by atoms with E-state index in [2.05, 4.69) is 15.0 Å². The maximum absolute atomic E-state index is 13.6. The SMILES string of the molecule is C[C@@H]1CCC(COc2ccc(F)cn2)CN1C(=O)c1cc(C(=O)O)ccc1-c1ncccn1. The lowest BCUT2D eigenvalue weighted by atomic mass is 9.92. The molecule has 1 aliphatic rings. The average molecular weight is 450 g/mol. The number of aromatic nitrogens is 3. The van der Waals surface area contributed by atoms with Gasteiger partial charge in [-0.1, -0.05) is 0 Å². The minimum absolute atomic E-state index is 0.0185. The summed E-state index contributed by atoms with van der Waals surface area (Å²) < 4.78 is 18.8. The molecule has 3 aromatic rings. The van der Waals surface area contributed by atoms with Gasteiger partial charge in [-0.25, -0.2) is 24.1 Å². The summed E-state index contributed by atoms with van der Waals surface area (Å²) in [7, 11) is 0. The number of amides is 1. The molecule has 0 spiro atoms. The van der Waals surface area contributed by atoms with Gasteiger partial charge in [0.05, 0.1) is 23.9 Å². The molecule has 4 rings (SSSR count). The topological polar surface area (TPSA) is 106 Å². The number of pyridine rings is 1. The van der Waals surface area contributed by atoms with Crippen molar-refractivity contribution in [1.82, 2.24) is 19.9 Å². The minimum atomic E-state index is -1.12. The number of ether oxygens (including phenoxy) is 1. The van der Waals surface area contributed by atoms with Gasteiger partial charge < -0.3 is 14.7 Å². The standard InChI is InChI=1S/C24H23FN4O4/c1-15-3-4-16(14-33-21-8-6-18(25)12-28-21)13-29(15)23(30)20-11-17(24(31)32)5-7-19(20)22-26-9-2-10-27-22/h2,5-12,15-16H,3-4,13-14H2,1H3,(H,31,32)/t15-,16?/m1/s1. The van der Waals surface area contributed by atoms with E-state index in [-0.39, 0.29) is 29.0 Å². The van der Waals surface area contributed by atoms with Gasteiger partial charge in [-0.2, -0.15) is 0 Å². The number of carboxylic acid groups (broad SMARTS) is 1. The zero-order chi connectivity index (χ0) is 23.4. The lowest BCUT2D eigenvalue weighted by Crippen LogP contribution is -2.47. The molecule has 1 unspecified atom stereocenters. The number of hydrogen-bond donors (Lipinski definition) is 1. The van der Waals surface area contributed by atoms with Crippen LogP contribution in [0, 0.1) is 11.7 Å². The Hall–Kier alpha value is -3.88. The maximum Gasteiger partial charge on any atom is 0.335 e. The lowest BCUT2D eigenvalue weighted by molar-refractivity contribution is 0.0503. The third-order valence-electron chi connectivity index (χ3n) is 5.71. The van der Waals surface area contributed by atoms with Crippen LogP contribution in [0.5, 0.6) is 5.88 Å². The molecule has 0 radical (unpaired) electrons. The van der Waals surface area contributed by atoms with Crippen molar-refractivity contribution < 1.29 is 23.8 Å². The van der Waals surface area contributed by atoms with Crippen LogP contribution < -0.4 is 4.74 Å². The zero-order valence-electron chi connectivity index (χ0n) is 18.0. The normalized spacial score (nSPS) is 18.1. The second-order valence-corrected chi connectivity index (χ2v) is 8.01. The third-order valence-corrected chi connectivity index (χ3v) is 5.71. The van der Waals surface area contributed by atoms with Crippen molar-refractivity contribution in [1.29, 1.82) is 0 Å². The maximum atomic E-state index is 13.6. The third kappa shape index (κ3) is 5.14. The number of nitrogens with zero attached hydrogens (tertiary/aromatic N) is 4. The van der Waals surface area contributed by atoms with Crippen LogP contribution in [0.4, 0.5) is 4.39 Å². The molecular weight excluding hydrogens is 427 g/mol. The van der Waals surface area contributed by atoms with Gasteiger partial charge in [0.15, 0.2) is 5.82 Å². The predicted molar refractivity (Wildman–Crippen MR) is 117 cm³/mol. The number of halogens is 1. The zero-order valence-corrected chi connectivity index (χ0v) is 18.0. The van der Waals surface area contributed by atoms with Gasteiger partial charge in [0.2, 0.25) is 5.88 Å². The fourth-order valence-corrected chi connectivity index (χ4v) is 3.89. The molecule has 1 aromatic carbocycles. The number of carbonyl (C=O) groups excluding carboxylic acids is 1. The molecule has 170 valence electrons. The van der Waals surface area contributed by atoms with E-state index >= 15 is 0 Å². The first kappa shape index (κ1) is 22.3. The Morgan fingerprint density at radius 2 is 1.94 bits per heavy atom. The Morgan fingerprint density at radius 3 is 2.64 bits per heavy atom. The highest BCUT2D eigenvalue weighted by Gasteiger charge is 2.32. The molecule has 0 bridgehead atoms. The number of carboxylic acids is 1. The molecular formula is C24H23FN4O4. The average Bonchev–Trinajstić information content (AvgIpc) is 2.84. The van der Waals surface area contributed by atoms with Crippen molar-refractivity contribution in [2.24, 2.45) is 5.92 Å². The molecule has 33 heavy (non-hydrogen) atoms. The first-order valence-electron chi connectivity index (χ1n) is 10.6. The van der Waals surface area contributed by atoms with Crippen LogP contribution in [0.15, 0.2) is 55.0 Å². The van der Waals surface area contributed by atoms with Crippen LogP contribution >= 0.6 is 0 Å². The Morgan fingerprint density at radius 1 is 1.15 bits per heavy atom. The van der Waals surface area contributed by atoms with Crippen molar-refractivity contribution in [3.63, 3.8) is 0 Å². The van der Waals surface area contributed by atoms with E-state index in [1.807, 2.05) is 6.92 Å². The minimum Gasteiger partial charge on any atom is -0.478 e. The summed E-state index contributed by atoms with van der Waals surface area (Å²) in [5.41, 5.74) is 0.742. The molecule has 1 amide bonds. The molecule has 1 aliphatic heterocycles. The van der Waals surface area contributed by atoms with Gasteiger partial charge in [0.1, 0.15) is 5.82 Å². The highest BCUT2D eigenvalue weighted by Crippen LogP contribution is 2.28. The summed E-state index contributed by atoms with van der Waals surface area (Å²) in [5, 5.41) is 9.45. The molecule has 8 nitrogen and oxygen atoms in total. The second-order valence-electron chi connectivity index (χ2n) is 8.01. The van der Waals surface area contributed by atoms with E-state index in [0.717, 1.165) is 19.0 Å². The molecule has 1 fully saturated rings. The fourth-order valence-electron chi connectivity index (χ4n) is 3.89. The molecule has 2 aromatic heterocycles. The fraction of sp³-hybridized carbons (Fsp3) is 0.292. The van der Waals surface area contributed by atoms with Gasteiger partial charge in [0, 0.05) is 42.5 Å². The highest BCUT2D eigenvalue weighted by atomic mass is 19.1. The quantitative estimate of drug-likeness (QED) is 0.610. The van der Waals surface area contributed by atoms with Crippen LogP contribution in [0.2, 0.25) is 0 Å². The number of aromatic carboxylic acids is 1. The summed E-state index contributed by atoms with van der Waals surface area (Å²) >= 11 is 0. The van der Waals surface area contributed by atoms with E-state index in [4.69, 9.17) is 4.74 Å². The largest absolute Gasteiger partial charge is 0.478 e. The number of likely N-dealkylation sites (tertiary alicyclic amines) is 1. The summed E-state index contributed by atoms with van der Waals surface area (Å²) in [5.74, 6) is -1.11.